The fraction of sp³-hybridized carbons (Fsp3) is 0.250. The first kappa shape index (κ1) is 17.7. The third-order valence-corrected chi connectivity index (χ3v) is 5.09. The van der Waals surface area contributed by atoms with E-state index in [4.69, 9.17) is 16.3 Å². The Morgan fingerprint density at radius 1 is 1.33 bits per heavy atom. The van der Waals surface area contributed by atoms with Crippen molar-refractivity contribution < 1.29 is 4.74 Å². The van der Waals surface area contributed by atoms with Gasteiger partial charge in [0.25, 0.3) is 5.56 Å². The second-order valence-corrected chi connectivity index (χ2v) is 6.94. The molecule has 138 valence electrons. The lowest BCUT2D eigenvalue weighted by Gasteiger charge is -2.25. The molecule has 1 N–H and O–H groups in total. The first-order valence-electron chi connectivity index (χ1n) is 8.76. The third kappa shape index (κ3) is 3.46. The molecule has 2 aromatic heterocycles. The average Bonchev–Trinajstić information content (AvgIpc) is 3.11. The Morgan fingerprint density at radius 2 is 2.11 bits per heavy atom. The summed E-state index contributed by atoms with van der Waals surface area (Å²) in [6.45, 7) is 3.86. The number of aromatic amines is 1. The van der Waals surface area contributed by atoms with Gasteiger partial charge in [-0.25, -0.2) is 0 Å². The molecule has 1 aromatic carbocycles. The molecule has 2 heterocycles. The van der Waals surface area contributed by atoms with Gasteiger partial charge in [0.05, 0.1) is 17.9 Å². The van der Waals surface area contributed by atoms with Crippen LogP contribution in [0.25, 0.3) is 17.2 Å². The van der Waals surface area contributed by atoms with Crippen LogP contribution < -0.4 is 5.56 Å². The van der Waals surface area contributed by atoms with Crippen molar-refractivity contribution in [3.05, 3.63) is 75.2 Å². The van der Waals surface area contributed by atoms with Crippen molar-refractivity contribution in [3.63, 3.8) is 0 Å². The molecule has 0 saturated carbocycles. The Kier molecular flexibility index (Phi) is 4.68. The van der Waals surface area contributed by atoms with Gasteiger partial charge < -0.3 is 9.72 Å². The standard InChI is InChI=1S/C20H19ClN4O2/c1-12-15(21)9-6-10-17(12)27-13(2)16-11-18(26)25-20(22-16)23-19(24-25)14-7-4-3-5-8-14/h3-9,11,13,17H,10H2,1-2H3,(H,22,23,24). The zero-order chi connectivity index (χ0) is 19.0. The van der Waals surface area contributed by atoms with Gasteiger partial charge in [-0.1, -0.05) is 48.0 Å². The summed E-state index contributed by atoms with van der Waals surface area (Å²) in [6, 6.07) is 11.0. The minimum Gasteiger partial charge on any atom is -0.364 e. The van der Waals surface area contributed by atoms with E-state index >= 15 is 0 Å². The number of nitrogens with zero attached hydrogens (tertiary/aromatic N) is 3. The fourth-order valence-electron chi connectivity index (χ4n) is 3.07. The summed E-state index contributed by atoms with van der Waals surface area (Å²) < 4.78 is 7.40. The Bertz CT molecular complexity index is 1100. The molecule has 0 amide bonds. The van der Waals surface area contributed by atoms with Gasteiger partial charge >= 0.3 is 0 Å². The topological polar surface area (TPSA) is 72.3 Å². The number of rotatable bonds is 4. The molecule has 0 spiro atoms. The van der Waals surface area contributed by atoms with Gasteiger partial charge in [0.1, 0.15) is 0 Å². The second-order valence-electron chi connectivity index (χ2n) is 6.54. The SMILES string of the molecule is CC1=C(Cl)C=CCC1OC(C)c1cc(=O)n2nc(-c3ccccc3)nc2[nH]1. The zero-order valence-electron chi connectivity index (χ0n) is 15.0. The molecule has 0 aliphatic heterocycles. The van der Waals surface area contributed by atoms with Gasteiger partial charge in [0, 0.05) is 16.7 Å². The third-order valence-electron chi connectivity index (χ3n) is 4.66. The summed E-state index contributed by atoms with van der Waals surface area (Å²) in [4.78, 5) is 20.1. The molecular formula is C20H19ClN4O2. The predicted molar refractivity (Wildman–Crippen MR) is 105 cm³/mol. The molecule has 7 heteroatoms. The molecule has 0 saturated heterocycles. The van der Waals surface area contributed by atoms with Crippen molar-refractivity contribution in [3.8, 4) is 11.4 Å². The van der Waals surface area contributed by atoms with Crippen LogP contribution in [0, 0.1) is 0 Å². The molecule has 1 aliphatic carbocycles. The lowest BCUT2D eigenvalue weighted by molar-refractivity contribution is 0.0156. The number of aromatic nitrogens is 4. The van der Waals surface area contributed by atoms with Crippen LogP contribution in [0.4, 0.5) is 0 Å². The minimum absolute atomic E-state index is 0.116. The Labute approximate surface area is 161 Å². The maximum atomic E-state index is 12.5. The summed E-state index contributed by atoms with van der Waals surface area (Å²) in [5.41, 5.74) is 2.24. The van der Waals surface area contributed by atoms with Crippen LogP contribution in [0.15, 0.2) is 64.0 Å². The maximum absolute atomic E-state index is 12.5. The number of hydrogen-bond donors (Lipinski definition) is 1. The van der Waals surface area contributed by atoms with E-state index in [0.717, 1.165) is 17.6 Å². The van der Waals surface area contributed by atoms with Crippen molar-refractivity contribution in [2.45, 2.75) is 32.5 Å². The number of benzene rings is 1. The van der Waals surface area contributed by atoms with E-state index in [2.05, 4.69) is 15.1 Å². The van der Waals surface area contributed by atoms with Crippen LogP contribution in [0.5, 0.6) is 0 Å². The lowest BCUT2D eigenvalue weighted by Crippen LogP contribution is -2.22. The van der Waals surface area contributed by atoms with Crippen LogP contribution in [0.3, 0.4) is 0 Å². The van der Waals surface area contributed by atoms with Crippen molar-refractivity contribution >= 4 is 17.4 Å². The number of ether oxygens (including phenoxy) is 1. The second kappa shape index (κ2) is 7.13. The first-order chi connectivity index (χ1) is 13.0. The van der Waals surface area contributed by atoms with Gasteiger partial charge in [-0.05, 0) is 31.9 Å². The van der Waals surface area contributed by atoms with E-state index in [1.165, 1.54) is 10.6 Å². The number of H-pyrrole nitrogens is 1. The molecule has 6 nitrogen and oxygen atoms in total. The molecule has 4 rings (SSSR count). The number of hydrogen-bond acceptors (Lipinski definition) is 4. The molecule has 2 atom stereocenters. The first-order valence-corrected chi connectivity index (χ1v) is 9.14. The number of fused-ring (bicyclic) bond motifs is 1. The number of halogens is 1. The normalized spacial score (nSPS) is 18.3. The van der Waals surface area contributed by atoms with Crippen molar-refractivity contribution in [1.82, 2.24) is 19.6 Å². The highest BCUT2D eigenvalue weighted by atomic mass is 35.5. The Balaban J connectivity index is 1.65. The lowest BCUT2D eigenvalue weighted by atomic mass is 10.0. The van der Waals surface area contributed by atoms with Crippen LogP contribution in [-0.2, 0) is 4.74 Å². The monoisotopic (exact) mass is 382 g/mol. The zero-order valence-corrected chi connectivity index (χ0v) is 15.8. The Hall–Kier alpha value is -2.70. The molecule has 1 aliphatic rings. The summed E-state index contributed by atoms with van der Waals surface area (Å²) in [6.07, 6.45) is 4.19. The van der Waals surface area contributed by atoms with Crippen LogP contribution in [-0.4, -0.2) is 25.7 Å². The largest absolute Gasteiger partial charge is 0.364 e. The van der Waals surface area contributed by atoms with E-state index in [0.29, 0.717) is 22.3 Å². The fourth-order valence-corrected chi connectivity index (χ4v) is 3.28. The summed E-state index contributed by atoms with van der Waals surface area (Å²) in [5.74, 6) is 0.887. The summed E-state index contributed by atoms with van der Waals surface area (Å²) >= 11 is 6.19. The van der Waals surface area contributed by atoms with Gasteiger partial charge in [-0.3, -0.25) is 4.79 Å². The van der Waals surface area contributed by atoms with Gasteiger partial charge in [-0.2, -0.15) is 9.50 Å². The smallest absolute Gasteiger partial charge is 0.275 e. The van der Waals surface area contributed by atoms with Crippen LogP contribution >= 0.6 is 11.6 Å². The highest BCUT2D eigenvalue weighted by Gasteiger charge is 2.21. The summed E-state index contributed by atoms with van der Waals surface area (Å²) in [5, 5.41) is 5.01. The van der Waals surface area contributed by atoms with Gasteiger partial charge in [-0.15, -0.1) is 5.10 Å². The molecule has 2 unspecified atom stereocenters. The van der Waals surface area contributed by atoms with Crippen LogP contribution in [0.1, 0.15) is 32.1 Å². The van der Waals surface area contributed by atoms with E-state index in [1.54, 1.807) is 0 Å². The average molecular weight is 383 g/mol. The molecular weight excluding hydrogens is 364 g/mol. The molecule has 3 aromatic rings. The van der Waals surface area contributed by atoms with Gasteiger partial charge in [0.2, 0.25) is 5.78 Å². The van der Waals surface area contributed by atoms with E-state index in [-0.39, 0.29) is 17.8 Å². The van der Waals surface area contributed by atoms with Gasteiger partial charge in [0.15, 0.2) is 5.82 Å². The Morgan fingerprint density at radius 3 is 2.89 bits per heavy atom. The van der Waals surface area contributed by atoms with E-state index in [1.807, 2.05) is 56.3 Å². The molecule has 27 heavy (non-hydrogen) atoms. The van der Waals surface area contributed by atoms with Crippen molar-refractivity contribution in [2.75, 3.05) is 0 Å². The van der Waals surface area contributed by atoms with E-state index < -0.39 is 0 Å². The molecule has 0 radical (unpaired) electrons. The van der Waals surface area contributed by atoms with Crippen molar-refractivity contribution in [2.24, 2.45) is 0 Å². The highest BCUT2D eigenvalue weighted by molar-refractivity contribution is 6.31. The number of nitrogens with one attached hydrogen (secondary N) is 1. The molecule has 0 bridgehead atoms. The van der Waals surface area contributed by atoms with Crippen LogP contribution in [0.2, 0.25) is 0 Å². The molecule has 0 fully saturated rings. The maximum Gasteiger partial charge on any atom is 0.275 e. The minimum atomic E-state index is -0.324. The highest BCUT2D eigenvalue weighted by Crippen LogP contribution is 2.28. The van der Waals surface area contributed by atoms with Crippen molar-refractivity contribution in [1.29, 1.82) is 0 Å². The van der Waals surface area contributed by atoms with E-state index in [9.17, 15) is 4.79 Å². The summed E-state index contributed by atoms with van der Waals surface area (Å²) in [7, 11) is 0. The predicted octanol–water partition coefficient (Wildman–Crippen LogP) is 4.00. The quantitative estimate of drug-likeness (QED) is 0.740. The number of allylic oxidation sites excluding steroid dienone is 2.